The monoisotopic (exact) mass is 222 g/mol. The molecule has 1 aromatic rings. The van der Waals surface area contributed by atoms with E-state index in [-0.39, 0.29) is 5.82 Å². The number of ether oxygens (including phenoxy) is 1. The average molecular weight is 222 g/mol. The van der Waals surface area contributed by atoms with Crippen molar-refractivity contribution in [2.24, 2.45) is 0 Å². The fourth-order valence-corrected chi connectivity index (χ4v) is 1.88. The zero-order valence-electron chi connectivity index (χ0n) is 9.24. The van der Waals surface area contributed by atoms with Crippen LogP contribution in [0.4, 0.5) is 4.39 Å². The molecule has 0 spiro atoms. The maximum Gasteiger partial charge on any atom is 0.123 e. The average Bonchev–Trinajstić information content (AvgIpc) is 2.31. The number of hydrogen-bond donors (Lipinski definition) is 1. The van der Waals surface area contributed by atoms with Crippen LogP contribution >= 0.6 is 0 Å². The second-order valence-electron chi connectivity index (χ2n) is 4.20. The van der Waals surface area contributed by atoms with Gasteiger partial charge in [-0.15, -0.1) is 0 Å². The van der Waals surface area contributed by atoms with Crippen LogP contribution in [-0.2, 0) is 10.3 Å². The van der Waals surface area contributed by atoms with E-state index >= 15 is 0 Å². The molecule has 16 heavy (non-hydrogen) atoms. The number of halogens is 1. The summed E-state index contributed by atoms with van der Waals surface area (Å²) in [5.41, 5.74) is 0.449. The van der Waals surface area contributed by atoms with Gasteiger partial charge in [-0.1, -0.05) is 12.1 Å². The Balaban J connectivity index is 2.30. The molecular weight excluding hydrogens is 207 g/mol. The van der Waals surface area contributed by atoms with Crippen LogP contribution in [-0.4, -0.2) is 11.7 Å². The highest BCUT2D eigenvalue weighted by Gasteiger charge is 2.29. The van der Waals surface area contributed by atoms with Gasteiger partial charge in [0.2, 0.25) is 0 Å². The van der Waals surface area contributed by atoms with Crippen LogP contribution in [0, 0.1) is 5.82 Å². The molecule has 0 radical (unpaired) electrons. The zero-order valence-corrected chi connectivity index (χ0v) is 9.24. The van der Waals surface area contributed by atoms with Crippen molar-refractivity contribution in [3.05, 3.63) is 47.5 Å². The molecule has 0 saturated heterocycles. The lowest BCUT2D eigenvalue weighted by Gasteiger charge is -2.29. The summed E-state index contributed by atoms with van der Waals surface area (Å²) in [5.74, 6) is -0.298. The van der Waals surface area contributed by atoms with E-state index in [9.17, 15) is 9.50 Å². The van der Waals surface area contributed by atoms with Gasteiger partial charge < -0.3 is 9.84 Å². The van der Waals surface area contributed by atoms with Crippen LogP contribution in [0.1, 0.15) is 25.3 Å². The summed E-state index contributed by atoms with van der Waals surface area (Å²) < 4.78 is 18.0. The van der Waals surface area contributed by atoms with Crippen molar-refractivity contribution >= 4 is 0 Å². The van der Waals surface area contributed by atoms with Gasteiger partial charge in [0.05, 0.1) is 12.9 Å². The second-order valence-corrected chi connectivity index (χ2v) is 4.20. The molecule has 1 aromatic carbocycles. The van der Waals surface area contributed by atoms with E-state index in [4.69, 9.17) is 4.74 Å². The topological polar surface area (TPSA) is 29.5 Å². The Labute approximate surface area is 94.4 Å². The van der Waals surface area contributed by atoms with Crippen LogP contribution in [0.15, 0.2) is 36.1 Å². The highest BCUT2D eigenvalue weighted by molar-refractivity contribution is 5.31. The smallest absolute Gasteiger partial charge is 0.123 e. The lowest BCUT2D eigenvalue weighted by molar-refractivity contribution is 0.0785. The number of aliphatic hydroxyl groups is 1. The molecule has 1 aliphatic rings. The van der Waals surface area contributed by atoms with Crippen LogP contribution < -0.4 is 0 Å². The third-order valence-electron chi connectivity index (χ3n) is 2.97. The fourth-order valence-electron chi connectivity index (χ4n) is 1.88. The third kappa shape index (κ3) is 2.09. The summed E-state index contributed by atoms with van der Waals surface area (Å²) in [6.45, 7) is 2.41. The molecule has 0 bridgehead atoms. The number of benzene rings is 1. The van der Waals surface area contributed by atoms with E-state index in [1.807, 2.05) is 0 Å². The molecular formula is C13H15FO2. The second kappa shape index (κ2) is 4.26. The van der Waals surface area contributed by atoms with E-state index < -0.39 is 5.60 Å². The number of rotatable bonds is 2. The third-order valence-corrected chi connectivity index (χ3v) is 2.97. The lowest BCUT2D eigenvalue weighted by Crippen LogP contribution is -2.26. The Morgan fingerprint density at radius 2 is 2.00 bits per heavy atom. The molecule has 1 aliphatic heterocycles. The first-order chi connectivity index (χ1) is 7.60. The molecule has 0 aliphatic carbocycles. The molecule has 3 heteroatoms. The minimum Gasteiger partial charge on any atom is -0.501 e. The molecule has 1 unspecified atom stereocenters. The van der Waals surface area contributed by atoms with Gasteiger partial charge in [-0.05, 0) is 43.0 Å². The Bertz CT molecular complexity index is 393. The van der Waals surface area contributed by atoms with Crippen molar-refractivity contribution in [1.29, 1.82) is 0 Å². The van der Waals surface area contributed by atoms with E-state index in [1.165, 1.54) is 12.1 Å². The number of hydrogen-bond acceptors (Lipinski definition) is 2. The van der Waals surface area contributed by atoms with E-state index in [2.05, 4.69) is 0 Å². The molecule has 2 rings (SSSR count). The molecule has 0 saturated carbocycles. The Morgan fingerprint density at radius 3 is 2.56 bits per heavy atom. The van der Waals surface area contributed by atoms with Crippen molar-refractivity contribution < 1.29 is 14.2 Å². The zero-order chi connectivity index (χ0) is 11.6. The Morgan fingerprint density at radius 1 is 1.31 bits per heavy atom. The first-order valence-electron chi connectivity index (χ1n) is 5.40. The van der Waals surface area contributed by atoms with E-state index in [1.54, 1.807) is 25.3 Å². The van der Waals surface area contributed by atoms with Gasteiger partial charge in [0.15, 0.2) is 0 Å². The van der Waals surface area contributed by atoms with Gasteiger partial charge in [0.25, 0.3) is 0 Å². The molecule has 1 atom stereocenters. The molecule has 0 fully saturated rings. The lowest BCUT2D eigenvalue weighted by atomic mass is 9.85. The minimum absolute atomic E-state index is 0.298. The summed E-state index contributed by atoms with van der Waals surface area (Å²) >= 11 is 0. The maximum absolute atomic E-state index is 12.8. The molecule has 1 heterocycles. The summed E-state index contributed by atoms with van der Waals surface area (Å²) in [7, 11) is 0. The largest absolute Gasteiger partial charge is 0.501 e. The van der Waals surface area contributed by atoms with E-state index in [0.29, 0.717) is 12.2 Å². The van der Waals surface area contributed by atoms with Gasteiger partial charge in [-0.2, -0.15) is 0 Å². The quantitative estimate of drug-likeness (QED) is 0.833. The molecule has 0 aromatic heterocycles. The molecule has 1 N–H and O–H groups in total. The summed E-state index contributed by atoms with van der Waals surface area (Å²) in [4.78, 5) is 0. The Hall–Kier alpha value is -1.35. The predicted octanol–water partition coefficient (Wildman–Crippen LogP) is 2.73. The van der Waals surface area contributed by atoms with Crippen LogP contribution in [0.25, 0.3) is 0 Å². The van der Waals surface area contributed by atoms with E-state index in [0.717, 1.165) is 18.4 Å². The van der Waals surface area contributed by atoms with Gasteiger partial charge in [-0.3, -0.25) is 0 Å². The minimum atomic E-state index is -1.08. The highest BCUT2D eigenvalue weighted by atomic mass is 19.1. The molecule has 2 nitrogen and oxygen atoms in total. The SMILES string of the molecule is CC(O)(C1=COCCC1)c1ccc(F)cc1. The van der Waals surface area contributed by atoms with Crippen LogP contribution in [0.2, 0.25) is 0 Å². The maximum atomic E-state index is 12.8. The van der Waals surface area contributed by atoms with Gasteiger partial charge >= 0.3 is 0 Å². The van der Waals surface area contributed by atoms with Crippen molar-refractivity contribution in [1.82, 2.24) is 0 Å². The standard InChI is InChI=1S/C13H15FO2/c1-13(15,11-3-2-8-16-9-11)10-4-6-12(14)7-5-10/h4-7,9,15H,2-3,8H2,1H3. The van der Waals surface area contributed by atoms with Crippen molar-refractivity contribution in [3.8, 4) is 0 Å². The highest BCUT2D eigenvalue weighted by Crippen LogP contribution is 2.33. The van der Waals surface area contributed by atoms with Crippen molar-refractivity contribution in [3.63, 3.8) is 0 Å². The van der Waals surface area contributed by atoms with Gasteiger partial charge in [-0.25, -0.2) is 4.39 Å². The first kappa shape index (κ1) is 11.1. The van der Waals surface area contributed by atoms with Crippen molar-refractivity contribution in [2.75, 3.05) is 6.61 Å². The molecule has 86 valence electrons. The summed E-state index contributed by atoms with van der Waals surface area (Å²) in [5, 5.41) is 10.4. The summed E-state index contributed by atoms with van der Waals surface area (Å²) in [6.07, 6.45) is 3.33. The van der Waals surface area contributed by atoms with Crippen LogP contribution in [0.5, 0.6) is 0 Å². The van der Waals surface area contributed by atoms with Gasteiger partial charge in [0.1, 0.15) is 11.4 Å². The molecule has 0 amide bonds. The fraction of sp³-hybridized carbons (Fsp3) is 0.385. The predicted molar refractivity (Wildman–Crippen MR) is 59.2 cm³/mol. The van der Waals surface area contributed by atoms with Crippen molar-refractivity contribution in [2.45, 2.75) is 25.4 Å². The first-order valence-corrected chi connectivity index (χ1v) is 5.40. The normalized spacial score (nSPS) is 19.6. The van der Waals surface area contributed by atoms with Crippen LogP contribution in [0.3, 0.4) is 0 Å². The Kier molecular flexibility index (Phi) is 2.97. The summed E-state index contributed by atoms with van der Waals surface area (Å²) in [6, 6.07) is 5.91. The van der Waals surface area contributed by atoms with Gasteiger partial charge in [0, 0.05) is 0 Å².